The first-order chi connectivity index (χ1) is 14.3. The number of hydrogen-bond acceptors (Lipinski definition) is 4. The molecule has 0 fully saturated rings. The molecule has 2 heterocycles. The summed E-state index contributed by atoms with van der Waals surface area (Å²) in [6, 6.07) is 20.2. The van der Waals surface area contributed by atoms with Gasteiger partial charge in [0.1, 0.15) is 5.03 Å². The van der Waals surface area contributed by atoms with E-state index in [2.05, 4.69) is 23.3 Å². The van der Waals surface area contributed by atoms with E-state index in [4.69, 9.17) is 22.3 Å². The number of thioether (sulfide) groups is 1. The molecule has 0 aliphatic carbocycles. The lowest BCUT2D eigenvalue weighted by Crippen LogP contribution is -2.00. The van der Waals surface area contributed by atoms with Crippen LogP contribution in [0.2, 0.25) is 5.02 Å². The second-order valence-corrected chi connectivity index (χ2v) is 8.40. The molecule has 0 amide bonds. The average Bonchev–Trinajstić information content (AvgIpc) is 3.19. The van der Waals surface area contributed by atoms with E-state index in [9.17, 15) is 0 Å². The highest BCUT2D eigenvalue weighted by Crippen LogP contribution is 2.31. The summed E-state index contributed by atoms with van der Waals surface area (Å²) in [6.07, 6.45) is 5.26. The van der Waals surface area contributed by atoms with Crippen LogP contribution < -0.4 is 5.73 Å². The second-order valence-electron chi connectivity index (χ2n) is 6.84. The molecule has 29 heavy (non-hydrogen) atoms. The topological polar surface area (TPSA) is 56.2 Å². The van der Waals surface area contributed by atoms with Crippen LogP contribution in [0.4, 0.5) is 0 Å². The number of aromatic nitrogens is 3. The maximum Gasteiger partial charge on any atom is 0.164 e. The average molecular weight is 423 g/mol. The van der Waals surface area contributed by atoms with E-state index in [1.54, 1.807) is 0 Å². The Bertz CT molecular complexity index is 1080. The van der Waals surface area contributed by atoms with Gasteiger partial charge in [-0.15, -0.1) is 11.8 Å². The van der Waals surface area contributed by atoms with Crippen molar-refractivity contribution < 1.29 is 0 Å². The zero-order valence-corrected chi connectivity index (χ0v) is 17.7. The molecular weight excluding hydrogens is 400 g/mol. The van der Waals surface area contributed by atoms with Gasteiger partial charge in [0.25, 0.3) is 0 Å². The van der Waals surface area contributed by atoms with Gasteiger partial charge in [0, 0.05) is 16.1 Å². The van der Waals surface area contributed by atoms with Crippen molar-refractivity contribution in [1.29, 1.82) is 0 Å². The Morgan fingerprint density at radius 3 is 2.48 bits per heavy atom. The van der Waals surface area contributed by atoms with Crippen LogP contribution in [0.25, 0.3) is 28.0 Å². The fraction of sp³-hybridized carbons (Fsp3) is 0.217. The summed E-state index contributed by atoms with van der Waals surface area (Å²) in [5, 5.41) is 6.46. The molecule has 4 rings (SSSR count). The zero-order valence-electron chi connectivity index (χ0n) is 16.1. The predicted octanol–water partition coefficient (Wildman–Crippen LogP) is 5.94. The Balaban J connectivity index is 1.75. The third-order valence-corrected chi connectivity index (χ3v) is 6.09. The van der Waals surface area contributed by atoms with Crippen LogP contribution in [0.3, 0.4) is 0 Å². The molecule has 4 nitrogen and oxygen atoms in total. The highest BCUT2D eigenvalue weighted by atomic mass is 35.5. The molecule has 0 spiro atoms. The van der Waals surface area contributed by atoms with Crippen molar-refractivity contribution in [2.24, 2.45) is 5.73 Å². The highest BCUT2D eigenvalue weighted by Gasteiger charge is 2.14. The van der Waals surface area contributed by atoms with E-state index in [0.29, 0.717) is 0 Å². The fourth-order valence-electron chi connectivity index (χ4n) is 3.23. The van der Waals surface area contributed by atoms with E-state index >= 15 is 0 Å². The van der Waals surface area contributed by atoms with Gasteiger partial charge < -0.3 is 5.73 Å². The predicted molar refractivity (Wildman–Crippen MR) is 122 cm³/mol. The number of fused-ring (bicyclic) bond motifs is 1. The standard InChI is InChI=1S/C23H23ClN4S/c24-19-11-9-18(10-12-19)21-15-22(29-14-6-2-5-13-25)28-23(27-21)20(16-26-28)17-7-3-1-4-8-17/h1,3-4,7-12,15-16H,2,5-6,13-14,25H2. The minimum Gasteiger partial charge on any atom is -0.330 e. The Morgan fingerprint density at radius 1 is 0.931 bits per heavy atom. The van der Waals surface area contributed by atoms with E-state index in [-0.39, 0.29) is 0 Å². The van der Waals surface area contributed by atoms with Crippen molar-refractivity contribution in [3.8, 4) is 22.4 Å². The van der Waals surface area contributed by atoms with Gasteiger partial charge >= 0.3 is 0 Å². The molecule has 0 aliphatic heterocycles. The summed E-state index contributed by atoms with van der Waals surface area (Å²) in [4.78, 5) is 4.96. The summed E-state index contributed by atoms with van der Waals surface area (Å²) in [5.74, 6) is 1.03. The quantitative estimate of drug-likeness (QED) is 0.217. The Labute approximate surface area is 180 Å². The summed E-state index contributed by atoms with van der Waals surface area (Å²) in [7, 11) is 0. The minimum absolute atomic E-state index is 0.721. The summed E-state index contributed by atoms with van der Waals surface area (Å²) >= 11 is 7.89. The minimum atomic E-state index is 0.721. The molecule has 0 radical (unpaired) electrons. The lowest BCUT2D eigenvalue weighted by molar-refractivity contribution is 0.731. The van der Waals surface area contributed by atoms with Crippen LogP contribution in [-0.2, 0) is 0 Å². The number of nitrogens with zero attached hydrogens (tertiary/aromatic N) is 3. The molecule has 0 aliphatic rings. The first-order valence-electron chi connectivity index (χ1n) is 9.79. The lowest BCUT2D eigenvalue weighted by Gasteiger charge is -2.09. The van der Waals surface area contributed by atoms with E-state index < -0.39 is 0 Å². The van der Waals surface area contributed by atoms with Gasteiger partial charge in [-0.2, -0.15) is 5.10 Å². The first kappa shape index (κ1) is 20.0. The van der Waals surface area contributed by atoms with Crippen molar-refractivity contribution >= 4 is 29.0 Å². The Hall–Kier alpha value is -2.34. The smallest absolute Gasteiger partial charge is 0.164 e. The number of halogens is 1. The third kappa shape index (κ3) is 4.64. The zero-order chi connectivity index (χ0) is 20.1. The monoisotopic (exact) mass is 422 g/mol. The lowest BCUT2D eigenvalue weighted by atomic mass is 10.1. The molecule has 0 saturated heterocycles. The van der Waals surface area contributed by atoms with E-state index in [0.717, 1.165) is 69.6 Å². The van der Waals surface area contributed by atoms with Crippen molar-refractivity contribution in [2.75, 3.05) is 12.3 Å². The van der Waals surface area contributed by atoms with Gasteiger partial charge in [-0.05, 0) is 48.9 Å². The van der Waals surface area contributed by atoms with Crippen molar-refractivity contribution in [1.82, 2.24) is 14.6 Å². The van der Waals surface area contributed by atoms with Gasteiger partial charge in [-0.1, -0.05) is 60.5 Å². The van der Waals surface area contributed by atoms with Crippen LogP contribution in [0.5, 0.6) is 0 Å². The molecule has 0 unspecified atom stereocenters. The number of benzene rings is 2. The van der Waals surface area contributed by atoms with E-state index in [1.807, 2.05) is 64.9 Å². The molecule has 0 atom stereocenters. The Kier molecular flexibility index (Phi) is 6.49. The van der Waals surface area contributed by atoms with Gasteiger partial charge in [-0.25, -0.2) is 9.50 Å². The van der Waals surface area contributed by atoms with Crippen LogP contribution in [0.15, 0.2) is 71.9 Å². The van der Waals surface area contributed by atoms with E-state index in [1.165, 1.54) is 0 Å². The number of hydrogen-bond donors (Lipinski definition) is 1. The number of nitrogens with two attached hydrogens (primary N) is 1. The SMILES string of the molecule is NCCCCCSc1cc(-c2ccc(Cl)cc2)nc2c(-c3ccccc3)cnn12. The van der Waals surface area contributed by atoms with Crippen LogP contribution in [0.1, 0.15) is 19.3 Å². The van der Waals surface area contributed by atoms with Crippen molar-refractivity contribution in [3.63, 3.8) is 0 Å². The van der Waals surface area contributed by atoms with Crippen LogP contribution >= 0.6 is 23.4 Å². The summed E-state index contributed by atoms with van der Waals surface area (Å²) in [6.45, 7) is 0.754. The number of unbranched alkanes of at least 4 members (excludes halogenated alkanes) is 2. The van der Waals surface area contributed by atoms with Crippen LogP contribution in [-0.4, -0.2) is 26.9 Å². The van der Waals surface area contributed by atoms with Crippen molar-refractivity contribution in [2.45, 2.75) is 24.3 Å². The fourth-order valence-corrected chi connectivity index (χ4v) is 4.36. The molecule has 4 aromatic rings. The van der Waals surface area contributed by atoms with Gasteiger partial charge in [0.15, 0.2) is 5.65 Å². The Morgan fingerprint density at radius 2 is 1.72 bits per heavy atom. The molecular formula is C23H23ClN4S. The van der Waals surface area contributed by atoms with Gasteiger partial charge in [0.05, 0.1) is 11.9 Å². The van der Waals surface area contributed by atoms with Crippen molar-refractivity contribution in [3.05, 3.63) is 71.9 Å². The maximum absolute atomic E-state index is 6.08. The molecule has 2 N–H and O–H groups in total. The molecule has 0 saturated carbocycles. The molecule has 2 aromatic heterocycles. The molecule has 148 valence electrons. The molecule has 0 bridgehead atoms. The first-order valence-corrected chi connectivity index (χ1v) is 11.2. The number of rotatable bonds is 8. The van der Waals surface area contributed by atoms with Gasteiger partial charge in [0.2, 0.25) is 0 Å². The highest BCUT2D eigenvalue weighted by molar-refractivity contribution is 7.99. The maximum atomic E-state index is 6.08. The molecule has 2 aromatic carbocycles. The van der Waals surface area contributed by atoms with Crippen LogP contribution in [0, 0.1) is 0 Å². The second kappa shape index (κ2) is 9.44. The normalized spacial score (nSPS) is 11.2. The summed E-state index contributed by atoms with van der Waals surface area (Å²) in [5.41, 5.74) is 10.6. The molecule has 6 heteroatoms. The third-order valence-electron chi connectivity index (χ3n) is 4.76. The largest absolute Gasteiger partial charge is 0.330 e. The summed E-state index contributed by atoms with van der Waals surface area (Å²) < 4.78 is 1.95. The van der Waals surface area contributed by atoms with Gasteiger partial charge in [-0.3, -0.25) is 0 Å².